The van der Waals surface area contributed by atoms with Gasteiger partial charge in [0.2, 0.25) is 0 Å². The molecule has 0 aromatic carbocycles. The van der Waals surface area contributed by atoms with Crippen LogP contribution in [0.3, 0.4) is 0 Å². The molecule has 3 fully saturated rings. The van der Waals surface area contributed by atoms with E-state index in [1.807, 2.05) is 4.90 Å². The SMILES string of the molecule is CC[C@]1(C)CN(C(=O)N[C@H](C)[C@H]2CCCN(C3CCC3)C2)CCO1. The minimum absolute atomic E-state index is 0.0891. The van der Waals surface area contributed by atoms with E-state index < -0.39 is 0 Å². The Morgan fingerprint density at radius 1 is 1.29 bits per heavy atom. The van der Waals surface area contributed by atoms with Crippen LogP contribution < -0.4 is 5.32 Å². The van der Waals surface area contributed by atoms with Crippen molar-refractivity contribution in [3.8, 4) is 0 Å². The van der Waals surface area contributed by atoms with E-state index in [4.69, 9.17) is 4.74 Å². The van der Waals surface area contributed by atoms with E-state index in [0.717, 1.165) is 19.0 Å². The summed E-state index contributed by atoms with van der Waals surface area (Å²) in [5.74, 6) is 0.585. The molecular formula is C19H35N3O2. The van der Waals surface area contributed by atoms with Crippen molar-refractivity contribution in [2.45, 2.75) is 77.0 Å². The number of amides is 2. The van der Waals surface area contributed by atoms with Crippen LogP contribution in [0.2, 0.25) is 0 Å². The fourth-order valence-electron chi connectivity index (χ4n) is 4.25. The Bertz CT molecular complexity index is 440. The number of ether oxygens (including phenoxy) is 1. The third kappa shape index (κ3) is 4.05. The van der Waals surface area contributed by atoms with Crippen molar-refractivity contribution in [1.29, 1.82) is 0 Å². The minimum atomic E-state index is -0.190. The van der Waals surface area contributed by atoms with E-state index in [9.17, 15) is 4.79 Å². The molecule has 0 radical (unpaired) electrons. The number of nitrogens with zero attached hydrogens (tertiary/aromatic N) is 2. The predicted octanol–water partition coefficient (Wildman–Crippen LogP) is 2.85. The molecule has 0 aromatic rings. The minimum Gasteiger partial charge on any atom is -0.372 e. The Labute approximate surface area is 147 Å². The van der Waals surface area contributed by atoms with Crippen molar-refractivity contribution >= 4 is 6.03 Å². The normalized spacial score (nSPS) is 33.8. The Morgan fingerprint density at radius 3 is 2.75 bits per heavy atom. The summed E-state index contributed by atoms with van der Waals surface area (Å²) in [4.78, 5) is 17.3. The molecule has 2 heterocycles. The topological polar surface area (TPSA) is 44.8 Å². The summed E-state index contributed by atoms with van der Waals surface area (Å²) < 4.78 is 5.85. The molecule has 0 spiro atoms. The van der Waals surface area contributed by atoms with Crippen LogP contribution in [-0.4, -0.2) is 66.3 Å². The molecule has 1 aliphatic carbocycles. The van der Waals surface area contributed by atoms with Crippen molar-refractivity contribution in [3.63, 3.8) is 0 Å². The molecule has 2 aliphatic heterocycles. The fraction of sp³-hybridized carbons (Fsp3) is 0.947. The van der Waals surface area contributed by atoms with Crippen LogP contribution in [0.5, 0.6) is 0 Å². The first kappa shape index (κ1) is 18.0. The number of nitrogens with one attached hydrogen (secondary N) is 1. The summed E-state index contributed by atoms with van der Waals surface area (Å²) >= 11 is 0. The second-order valence-electron chi connectivity index (χ2n) is 8.29. The number of morpholine rings is 1. The van der Waals surface area contributed by atoms with Crippen LogP contribution in [0.1, 0.15) is 59.3 Å². The molecule has 3 atom stereocenters. The van der Waals surface area contributed by atoms with Crippen LogP contribution in [0, 0.1) is 5.92 Å². The van der Waals surface area contributed by atoms with Crippen LogP contribution in [0.25, 0.3) is 0 Å². The zero-order valence-corrected chi connectivity index (χ0v) is 15.7. The lowest BCUT2D eigenvalue weighted by atomic mass is 9.85. The molecule has 1 N–H and O–H groups in total. The van der Waals surface area contributed by atoms with Crippen molar-refractivity contribution in [2.24, 2.45) is 5.92 Å². The molecular weight excluding hydrogens is 302 g/mol. The predicted molar refractivity (Wildman–Crippen MR) is 96.2 cm³/mol. The standard InChI is InChI=1S/C19H35N3O2/c1-4-19(3)14-22(11-12-24-19)18(23)20-15(2)16-7-6-10-21(13-16)17-8-5-9-17/h15-17H,4-14H2,1-3H3,(H,20,23)/t15-,16+,19-/m1/s1. The van der Waals surface area contributed by atoms with Crippen molar-refractivity contribution in [3.05, 3.63) is 0 Å². The molecule has 1 saturated carbocycles. The number of piperidine rings is 1. The Hall–Kier alpha value is -0.810. The maximum Gasteiger partial charge on any atom is 0.317 e. The highest BCUT2D eigenvalue weighted by Gasteiger charge is 2.35. The monoisotopic (exact) mass is 337 g/mol. The van der Waals surface area contributed by atoms with Gasteiger partial charge >= 0.3 is 6.03 Å². The Kier molecular flexibility index (Phi) is 5.70. The summed E-state index contributed by atoms with van der Waals surface area (Å²) in [5, 5.41) is 3.28. The van der Waals surface area contributed by atoms with Gasteiger partial charge < -0.3 is 19.9 Å². The molecule has 0 bridgehead atoms. The third-order valence-corrected chi connectivity index (χ3v) is 6.51. The van der Waals surface area contributed by atoms with Gasteiger partial charge in [-0.3, -0.25) is 0 Å². The third-order valence-electron chi connectivity index (χ3n) is 6.51. The quantitative estimate of drug-likeness (QED) is 0.858. The lowest BCUT2D eigenvalue weighted by molar-refractivity contribution is -0.0876. The second-order valence-corrected chi connectivity index (χ2v) is 8.29. The van der Waals surface area contributed by atoms with Crippen LogP contribution in [-0.2, 0) is 4.74 Å². The summed E-state index contributed by atoms with van der Waals surface area (Å²) in [5.41, 5.74) is -0.190. The maximum atomic E-state index is 12.7. The summed E-state index contributed by atoms with van der Waals surface area (Å²) in [7, 11) is 0. The van der Waals surface area contributed by atoms with Gasteiger partial charge in [-0.15, -0.1) is 0 Å². The summed E-state index contributed by atoms with van der Waals surface area (Å²) in [6.07, 6.45) is 7.58. The number of urea groups is 1. The van der Waals surface area contributed by atoms with Gasteiger partial charge in [-0.05, 0) is 58.4 Å². The number of likely N-dealkylation sites (tertiary alicyclic amines) is 1. The number of hydrogen-bond acceptors (Lipinski definition) is 3. The van der Waals surface area contributed by atoms with Gasteiger partial charge in [0, 0.05) is 25.2 Å². The number of carbonyl (C=O) groups is 1. The van der Waals surface area contributed by atoms with Gasteiger partial charge in [-0.1, -0.05) is 13.3 Å². The average molecular weight is 338 g/mol. The first-order valence-corrected chi connectivity index (χ1v) is 9.94. The second kappa shape index (κ2) is 7.61. The number of carbonyl (C=O) groups excluding carboxylic acids is 1. The molecule has 2 saturated heterocycles. The number of rotatable bonds is 4. The smallest absolute Gasteiger partial charge is 0.317 e. The molecule has 0 aromatic heterocycles. The Balaban J connectivity index is 1.50. The Morgan fingerprint density at radius 2 is 2.08 bits per heavy atom. The van der Waals surface area contributed by atoms with Crippen molar-refractivity contribution in [1.82, 2.24) is 15.1 Å². The zero-order valence-electron chi connectivity index (χ0n) is 15.7. The van der Waals surface area contributed by atoms with Gasteiger partial charge in [-0.25, -0.2) is 4.79 Å². The van der Waals surface area contributed by atoms with Crippen LogP contribution >= 0.6 is 0 Å². The molecule has 5 heteroatoms. The zero-order chi connectivity index (χ0) is 17.2. The highest BCUT2D eigenvalue weighted by molar-refractivity contribution is 5.74. The molecule has 5 nitrogen and oxygen atoms in total. The molecule has 138 valence electrons. The van der Waals surface area contributed by atoms with Gasteiger partial charge in [0.15, 0.2) is 0 Å². The first-order chi connectivity index (χ1) is 11.5. The summed E-state index contributed by atoms with van der Waals surface area (Å²) in [6.45, 7) is 10.9. The molecule has 0 unspecified atom stereocenters. The van der Waals surface area contributed by atoms with Crippen LogP contribution in [0.15, 0.2) is 0 Å². The summed E-state index contributed by atoms with van der Waals surface area (Å²) in [6, 6.07) is 1.16. The highest BCUT2D eigenvalue weighted by atomic mass is 16.5. The van der Waals surface area contributed by atoms with Crippen LogP contribution in [0.4, 0.5) is 4.79 Å². The fourth-order valence-corrected chi connectivity index (χ4v) is 4.25. The van der Waals surface area contributed by atoms with E-state index >= 15 is 0 Å². The lowest BCUT2D eigenvalue weighted by Gasteiger charge is -2.44. The van der Waals surface area contributed by atoms with E-state index in [1.165, 1.54) is 38.6 Å². The van der Waals surface area contributed by atoms with E-state index in [0.29, 0.717) is 25.6 Å². The molecule has 24 heavy (non-hydrogen) atoms. The van der Waals surface area contributed by atoms with E-state index in [1.54, 1.807) is 0 Å². The average Bonchev–Trinajstić information content (AvgIpc) is 2.53. The van der Waals surface area contributed by atoms with Gasteiger partial charge in [0.05, 0.1) is 18.8 Å². The van der Waals surface area contributed by atoms with E-state index in [2.05, 4.69) is 31.0 Å². The number of hydrogen-bond donors (Lipinski definition) is 1. The first-order valence-electron chi connectivity index (χ1n) is 9.94. The highest BCUT2D eigenvalue weighted by Crippen LogP contribution is 2.30. The molecule has 3 rings (SSSR count). The van der Waals surface area contributed by atoms with Gasteiger partial charge in [-0.2, -0.15) is 0 Å². The maximum absolute atomic E-state index is 12.7. The molecule has 3 aliphatic rings. The van der Waals surface area contributed by atoms with E-state index in [-0.39, 0.29) is 17.7 Å². The van der Waals surface area contributed by atoms with Crippen molar-refractivity contribution < 1.29 is 9.53 Å². The van der Waals surface area contributed by atoms with Gasteiger partial charge in [0.25, 0.3) is 0 Å². The van der Waals surface area contributed by atoms with Crippen molar-refractivity contribution in [2.75, 3.05) is 32.8 Å². The lowest BCUT2D eigenvalue weighted by Crippen LogP contribution is -2.57. The largest absolute Gasteiger partial charge is 0.372 e. The molecule has 2 amide bonds. The van der Waals surface area contributed by atoms with Gasteiger partial charge in [0.1, 0.15) is 0 Å².